The number of rotatable bonds is 2. The number of alkyl halides is 3. The van der Waals surface area contributed by atoms with Crippen molar-refractivity contribution in [2.75, 3.05) is 16.4 Å². The van der Waals surface area contributed by atoms with Gasteiger partial charge in [0.2, 0.25) is 0 Å². The number of nitrogens with zero attached hydrogens (tertiary/aromatic N) is 1. The van der Waals surface area contributed by atoms with Crippen LogP contribution < -0.4 is 16.4 Å². The molecule has 0 bridgehead atoms. The monoisotopic (exact) mass is 296 g/mol. The first kappa shape index (κ1) is 14.6. The third kappa shape index (κ3) is 3.85. The second-order valence-corrected chi connectivity index (χ2v) is 4.09. The van der Waals surface area contributed by atoms with E-state index in [2.05, 4.69) is 15.6 Å². The Morgan fingerprint density at radius 1 is 1.10 bits per heavy atom. The zero-order valence-electron chi connectivity index (χ0n) is 10.6. The maximum atomic E-state index is 12.8. The van der Waals surface area contributed by atoms with Crippen molar-refractivity contribution in [2.24, 2.45) is 0 Å². The van der Waals surface area contributed by atoms with Crippen molar-refractivity contribution in [3.8, 4) is 0 Å². The molecule has 8 heteroatoms. The fourth-order valence-corrected chi connectivity index (χ4v) is 1.60. The number of pyridine rings is 1. The quantitative estimate of drug-likeness (QED) is 0.795. The summed E-state index contributed by atoms with van der Waals surface area (Å²) in [6.07, 6.45) is -3.25. The topological polar surface area (TPSA) is 80.0 Å². The number of anilines is 3. The summed E-state index contributed by atoms with van der Waals surface area (Å²) in [5, 5.41) is 4.51. The number of urea groups is 1. The molecule has 21 heavy (non-hydrogen) atoms. The van der Waals surface area contributed by atoms with E-state index >= 15 is 0 Å². The van der Waals surface area contributed by atoms with Crippen molar-refractivity contribution in [2.45, 2.75) is 6.18 Å². The Kier molecular flexibility index (Phi) is 3.97. The molecular formula is C13H11F3N4O. The molecule has 1 heterocycles. The normalized spacial score (nSPS) is 11.0. The lowest BCUT2D eigenvalue weighted by Crippen LogP contribution is -2.21. The van der Waals surface area contributed by atoms with Crippen molar-refractivity contribution in [3.05, 3.63) is 48.2 Å². The van der Waals surface area contributed by atoms with E-state index in [1.54, 1.807) is 0 Å². The summed E-state index contributed by atoms with van der Waals surface area (Å²) >= 11 is 0. The van der Waals surface area contributed by atoms with Gasteiger partial charge in [-0.15, -0.1) is 0 Å². The summed E-state index contributed by atoms with van der Waals surface area (Å²) in [6.45, 7) is 0. The maximum Gasteiger partial charge on any atom is 0.418 e. The Morgan fingerprint density at radius 3 is 2.43 bits per heavy atom. The van der Waals surface area contributed by atoms with Crippen LogP contribution in [-0.4, -0.2) is 11.0 Å². The molecular weight excluding hydrogens is 285 g/mol. The van der Waals surface area contributed by atoms with Crippen LogP contribution in [-0.2, 0) is 6.18 Å². The van der Waals surface area contributed by atoms with Gasteiger partial charge in [0.25, 0.3) is 0 Å². The summed E-state index contributed by atoms with van der Waals surface area (Å²) in [6, 6.07) is 6.84. The molecule has 0 spiro atoms. The number of benzene rings is 1. The van der Waals surface area contributed by atoms with Crippen molar-refractivity contribution in [3.63, 3.8) is 0 Å². The Hall–Kier alpha value is -2.77. The van der Waals surface area contributed by atoms with Crippen LogP contribution in [0.2, 0.25) is 0 Å². The molecule has 1 aromatic heterocycles. The molecule has 0 radical (unpaired) electrons. The van der Waals surface area contributed by atoms with Crippen LogP contribution in [0, 0.1) is 0 Å². The second kappa shape index (κ2) is 5.70. The van der Waals surface area contributed by atoms with Gasteiger partial charge in [-0.2, -0.15) is 13.2 Å². The van der Waals surface area contributed by atoms with E-state index in [-0.39, 0.29) is 11.5 Å². The van der Waals surface area contributed by atoms with Crippen molar-refractivity contribution < 1.29 is 18.0 Å². The molecule has 0 saturated heterocycles. The lowest BCUT2D eigenvalue weighted by molar-refractivity contribution is -0.136. The van der Waals surface area contributed by atoms with Gasteiger partial charge in [-0.05, 0) is 24.3 Å². The van der Waals surface area contributed by atoms with Gasteiger partial charge >= 0.3 is 12.2 Å². The summed E-state index contributed by atoms with van der Waals surface area (Å²) in [4.78, 5) is 15.4. The van der Waals surface area contributed by atoms with Gasteiger partial charge in [0.1, 0.15) is 5.82 Å². The molecule has 2 aromatic rings. The van der Waals surface area contributed by atoms with Gasteiger partial charge < -0.3 is 16.4 Å². The Bertz CT molecular complexity index is 641. The number of hydrogen-bond acceptors (Lipinski definition) is 3. The van der Waals surface area contributed by atoms with Gasteiger partial charge in [-0.1, -0.05) is 12.1 Å². The van der Waals surface area contributed by atoms with E-state index in [4.69, 9.17) is 5.73 Å². The lowest BCUT2D eigenvalue weighted by Gasteiger charge is -2.13. The Morgan fingerprint density at radius 2 is 1.81 bits per heavy atom. The van der Waals surface area contributed by atoms with Gasteiger partial charge in [-0.3, -0.25) is 0 Å². The maximum absolute atomic E-state index is 12.8. The molecule has 110 valence electrons. The van der Waals surface area contributed by atoms with Crippen LogP contribution in [0.25, 0.3) is 0 Å². The van der Waals surface area contributed by atoms with E-state index in [0.29, 0.717) is 5.69 Å². The summed E-state index contributed by atoms with van der Waals surface area (Å²) < 4.78 is 38.3. The van der Waals surface area contributed by atoms with Crippen LogP contribution in [0.4, 0.5) is 35.2 Å². The Labute approximate surface area is 118 Å². The number of carbonyl (C=O) groups is 1. The summed E-state index contributed by atoms with van der Waals surface area (Å²) in [5.41, 5.74) is 4.45. The molecule has 0 saturated carbocycles. The first-order valence-electron chi connectivity index (χ1n) is 5.82. The zero-order valence-corrected chi connectivity index (χ0v) is 10.6. The van der Waals surface area contributed by atoms with Crippen LogP contribution in [0.1, 0.15) is 5.56 Å². The van der Waals surface area contributed by atoms with Crippen LogP contribution >= 0.6 is 0 Å². The van der Waals surface area contributed by atoms with E-state index < -0.39 is 17.8 Å². The molecule has 4 N–H and O–H groups in total. The van der Waals surface area contributed by atoms with Gasteiger partial charge in [0, 0.05) is 0 Å². The van der Waals surface area contributed by atoms with Crippen LogP contribution in [0.3, 0.4) is 0 Å². The zero-order chi connectivity index (χ0) is 15.5. The minimum Gasteiger partial charge on any atom is -0.384 e. The smallest absolute Gasteiger partial charge is 0.384 e. The SMILES string of the molecule is Nc1ccc(NC(=O)Nc2ccccc2C(F)(F)F)cn1. The fourth-order valence-electron chi connectivity index (χ4n) is 1.60. The predicted octanol–water partition coefficient (Wildman–Crippen LogP) is 3.33. The standard InChI is InChI=1S/C13H11F3N4O/c14-13(15,16)9-3-1-2-4-10(9)20-12(21)19-8-5-6-11(17)18-7-8/h1-7H,(H2,17,18)(H2,19,20,21). The minimum absolute atomic E-state index is 0.267. The first-order valence-corrected chi connectivity index (χ1v) is 5.82. The molecule has 0 fully saturated rings. The molecule has 1 aromatic carbocycles. The molecule has 0 unspecified atom stereocenters. The highest BCUT2D eigenvalue weighted by Gasteiger charge is 2.33. The number of aromatic nitrogens is 1. The third-order valence-electron chi connectivity index (χ3n) is 2.52. The highest BCUT2D eigenvalue weighted by atomic mass is 19.4. The predicted molar refractivity (Wildman–Crippen MR) is 72.7 cm³/mol. The number of hydrogen-bond donors (Lipinski definition) is 3. The fraction of sp³-hybridized carbons (Fsp3) is 0.0769. The second-order valence-electron chi connectivity index (χ2n) is 4.09. The molecule has 5 nitrogen and oxygen atoms in total. The highest BCUT2D eigenvalue weighted by molar-refractivity contribution is 6.00. The summed E-state index contributed by atoms with van der Waals surface area (Å²) in [5.74, 6) is 0.267. The average Bonchev–Trinajstić information content (AvgIpc) is 2.41. The van der Waals surface area contributed by atoms with Crippen molar-refractivity contribution in [1.29, 1.82) is 0 Å². The van der Waals surface area contributed by atoms with E-state index in [1.807, 2.05) is 0 Å². The number of amides is 2. The van der Waals surface area contributed by atoms with Crippen molar-refractivity contribution >= 4 is 23.2 Å². The van der Waals surface area contributed by atoms with Crippen molar-refractivity contribution in [1.82, 2.24) is 4.98 Å². The molecule has 0 aliphatic heterocycles. The largest absolute Gasteiger partial charge is 0.418 e. The minimum atomic E-state index is -4.55. The molecule has 0 atom stereocenters. The molecule has 2 amide bonds. The molecule has 0 aliphatic carbocycles. The van der Waals surface area contributed by atoms with E-state index in [1.165, 1.54) is 36.5 Å². The number of halogens is 3. The number of nitrogens with two attached hydrogens (primary N) is 1. The third-order valence-corrected chi connectivity index (χ3v) is 2.52. The average molecular weight is 296 g/mol. The van der Waals surface area contributed by atoms with Gasteiger partial charge in [0.15, 0.2) is 0 Å². The number of nitrogen functional groups attached to an aromatic ring is 1. The number of para-hydroxylation sites is 1. The van der Waals surface area contributed by atoms with E-state index in [9.17, 15) is 18.0 Å². The van der Waals surface area contributed by atoms with E-state index in [0.717, 1.165) is 6.07 Å². The number of nitrogens with one attached hydrogen (secondary N) is 2. The summed E-state index contributed by atoms with van der Waals surface area (Å²) in [7, 11) is 0. The lowest BCUT2D eigenvalue weighted by atomic mass is 10.1. The highest BCUT2D eigenvalue weighted by Crippen LogP contribution is 2.34. The number of carbonyl (C=O) groups excluding carboxylic acids is 1. The molecule has 2 rings (SSSR count). The van der Waals surface area contributed by atoms with Gasteiger partial charge in [-0.25, -0.2) is 9.78 Å². The van der Waals surface area contributed by atoms with Gasteiger partial charge in [0.05, 0.1) is 23.1 Å². The first-order chi connectivity index (χ1) is 9.86. The Balaban J connectivity index is 2.11. The molecule has 0 aliphatic rings. The van der Waals surface area contributed by atoms with Crippen LogP contribution in [0.5, 0.6) is 0 Å². The van der Waals surface area contributed by atoms with Crippen LogP contribution in [0.15, 0.2) is 42.6 Å².